The molecular formula is C11H21NO. The number of nitrogens with one attached hydrogen (secondary N) is 1. The lowest BCUT2D eigenvalue weighted by Gasteiger charge is -2.20. The standard InChI is InChI=1S/C11H21NO/c1-8(2)7-10(12-4)11-6-5-9(3)13-11/h7,9-12H,5-6H2,1-4H3. The second-order valence-corrected chi connectivity index (χ2v) is 4.12. The third kappa shape index (κ3) is 3.12. The Balaban J connectivity index is 2.52. The fourth-order valence-electron chi connectivity index (χ4n) is 1.83. The van der Waals surface area contributed by atoms with E-state index < -0.39 is 0 Å². The first kappa shape index (κ1) is 10.7. The van der Waals surface area contributed by atoms with Crippen molar-refractivity contribution in [2.75, 3.05) is 7.05 Å². The molecule has 0 bridgehead atoms. The van der Waals surface area contributed by atoms with Crippen LogP contribution in [0.4, 0.5) is 0 Å². The van der Waals surface area contributed by atoms with Gasteiger partial charge in [0.2, 0.25) is 0 Å². The number of allylic oxidation sites excluding steroid dienone is 1. The Morgan fingerprint density at radius 3 is 2.54 bits per heavy atom. The van der Waals surface area contributed by atoms with Gasteiger partial charge < -0.3 is 10.1 Å². The molecule has 1 aliphatic heterocycles. The highest BCUT2D eigenvalue weighted by Gasteiger charge is 2.27. The van der Waals surface area contributed by atoms with E-state index >= 15 is 0 Å². The summed E-state index contributed by atoms with van der Waals surface area (Å²) in [7, 11) is 2.00. The van der Waals surface area contributed by atoms with Gasteiger partial charge in [-0.2, -0.15) is 0 Å². The Kier molecular flexibility index (Phi) is 3.94. The molecule has 1 saturated heterocycles. The van der Waals surface area contributed by atoms with Gasteiger partial charge in [0, 0.05) is 0 Å². The molecular weight excluding hydrogens is 162 g/mol. The monoisotopic (exact) mass is 183 g/mol. The highest BCUT2D eigenvalue weighted by molar-refractivity contribution is 5.04. The maximum atomic E-state index is 5.81. The molecule has 0 aromatic heterocycles. The molecule has 0 spiro atoms. The van der Waals surface area contributed by atoms with E-state index in [9.17, 15) is 0 Å². The van der Waals surface area contributed by atoms with Crippen LogP contribution in [0.25, 0.3) is 0 Å². The Morgan fingerprint density at radius 1 is 1.46 bits per heavy atom. The van der Waals surface area contributed by atoms with Gasteiger partial charge in [0.15, 0.2) is 0 Å². The van der Waals surface area contributed by atoms with Crippen LogP contribution in [0, 0.1) is 0 Å². The van der Waals surface area contributed by atoms with Gasteiger partial charge in [-0.15, -0.1) is 0 Å². The first-order chi connectivity index (χ1) is 6.13. The normalized spacial score (nSPS) is 30.2. The summed E-state index contributed by atoms with van der Waals surface area (Å²) >= 11 is 0. The molecule has 13 heavy (non-hydrogen) atoms. The summed E-state index contributed by atoms with van der Waals surface area (Å²) in [6.07, 6.45) is 5.43. The Hall–Kier alpha value is -0.340. The maximum absolute atomic E-state index is 5.81. The van der Waals surface area contributed by atoms with E-state index in [0.29, 0.717) is 18.2 Å². The van der Waals surface area contributed by atoms with Crippen molar-refractivity contribution in [3.63, 3.8) is 0 Å². The molecule has 3 unspecified atom stereocenters. The van der Waals surface area contributed by atoms with Crippen molar-refractivity contribution in [1.82, 2.24) is 5.32 Å². The van der Waals surface area contributed by atoms with Crippen molar-refractivity contribution < 1.29 is 4.74 Å². The summed E-state index contributed by atoms with van der Waals surface area (Å²) in [5.41, 5.74) is 1.35. The Labute approximate surface area is 81.4 Å². The third-order valence-electron chi connectivity index (χ3n) is 2.51. The number of hydrogen-bond acceptors (Lipinski definition) is 2. The average molecular weight is 183 g/mol. The van der Waals surface area contributed by atoms with Crippen LogP contribution in [0.15, 0.2) is 11.6 Å². The molecule has 2 nitrogen and oxygen atoms in total. The van der Waals surface area contributed by atoms with E-state index in [-0.39, 0.29) is 0 Å². The summed E-state index contributed by atoms with van der Waals surface area (Å²) < 4.78 is 5.81. The highest BCUT2D eigenvalue weighted by atomic mass is 16.5. The Morgan fingerprint density at radius 2 is 2.15 bits per heavy atom. The maximum Gasteiger partial charge on any atom is 0.0768 e. The van der Waals surface area contributed by atoms with Gasteiger partial charge >= 0.3 is 0 Å². The van der Waals surface area contributed by atoms with Gasteiger partial charge in [-0.05, 0) is 40.7 Å². The predicted molar refractivity (Wildman–Crippen MR) is 55.8 cm³/mol. The number of ether oxygens (including phenoxy) is 1. The molecule has 0 aromatic rings. The van der Waals surface area contributed by atoms with E-state index in [1.807, 2.05) is 7.05 Å². The molecule has 1 heterocycles. The van der Waals surface area contributed by atoms with Crippen LogP contribution >= 0.6 is 0 Å². The topological polar surface area (TPSA) is 21.3 Å². The van der Waals surface area contributed by atoms with Gasteiger partial charge in [-0.3, -0.25) is 0 Å². The summed E-state index contributed by atoms with van der Waals surface area (Å²) in [6.45, 7) is 6.40. The van der Waals surface area contributed by atoms with E-state index in [2.05, 4.69) is 32.2 Å². The van der Waals surface area contributed by atoms with E-state index in [1.54, 1.807) is 0 Å². The molecule has 76 valence electrons. The van der Waals surface area contributed by atoms with E-state index in [4.69, 9.17) is 4.74 Å². The second-order valence-electron chi connectivity index (χ2n) is 4.12. The quantitative estimate of drug-likeness (QED) is 0.677. The SMILES string of the molecule is CNC(C=C(C)C)C1CCC(C)O1. The van der Waals surface area contributed by atoms with Crippen LogP contribution in [-0.2, 0) is 4.74 Å². The van der Waals surface area contributed by atoms with Gasteiger partial charge in [0.05, 0.1) is 18.2 Å². The third-order valence-corrected chi connectivity index (χ3v) is 2.51. The average Bonchev–Trinajstić information content (AvgIpc) is 2.47. The highest BCUT2D eigenvalue weighted by Crippen LogP contribution is 2.22. The first-order valence-electron chi connectivity index (χ1n) is 5.11. The number of rotatable bonds is 3. The molecule has 1 N–H and O–H groups in total. The lowest BCUT2D eigenvalue weighted by molar-refractivity contribution is 0.0432. The van der Waals surface area contributed by atoms with Crippen LogP contribution in [0.2, 0.25) is 0 Å². The van der Waals surface area contributed by atoms with Crippen LogP contribution in [0.1, 0.15) is 33.6 Å². The van der Waals surface area contributed by atoms with Crippen molar-refractivity contribution in [3.8, 4) is 0 Å². The lowest BCUT2D eigenvalue weighted by Crippen LogP contribution is -2.36. The molecule has 1 aliphatic rings. The van der Waals surface area contributed by atoms with Crippen molar-refractivity contribution in [2.24, 2.45) is 0 Å². The molecule has 0 aromatic carbocycles. The van der Waals surface area contributed by atoms with Gasteiger partial charge in [0.25, 0.3) is 0 Å². The van der Waals surface area contributed by atoms with Crippen LogP contribution in [-0.4, -0.2) is 25.3 Å². The molecule has 1 fully saturated rings. The van der Waals surface area contributed by atoms with Crippen molar-refractivity contribution in [3.05, 3.63) is 11.6 Å². The predicted octanol–water partition coefficient (Wildman–Crippen LogP) is 2.11. The zero-order valence-electron chi connectivity index (χ0n) is 9.13. The second kappa shape index (κ2) is 4.77. The van der Waals surface area contributed by atoms with Gasteiger partial charge in [-0.1, -0.05) is 11.6 Å². The molecule has 2 heteroatoms. The van der Waals surface area contributed by atoms with Crippen molar-refractivity contribution in [1.29, 1.82) is 0 Å². The van der Waals surface area contributed by atoms with Gasteiger partial charge in [0.1, 0.15) is 0 Å². The van der Waals surface area contributed by atoms with E-state index in [1.165, 1.54) is 18.4 Å². The summed E-state index contributed by atoms with van der Waals surface area (Å²) in [5.74, 6) is 0. The smallest absolute Gasteiger partial charge is 0.0768 e. The Bertz CT molecular complexity index is 185. The minimum Gasteiger partial charge on any atom is -0.373 e. The van der Waals surface area contributed by atoms with E-state index in [0.717, 1.165) is 0 Å². The minimum atomic E-state index is 0.370. The van der Waals surface area contributed by atoms with Gasteiger partial charge in [-0.25, -0.2) is 0 Å². The number of hydrogen-bond donors (Lipinski definition) is 1. The molecule has 1 rings (SSSR count). The summed E-state index contributed by atoms with van der Waals surface area (Å²) in [5, 5.41) is 3.29. The fourth-order valence-corrected chi connectivity index (χ4v) is 1.83. The zero-order valence-corrected chi connectivity index (χ0v) is 9.13. The lowest BCUT2D eigenvalue weighted by atomic mass is 10.1. The molecule has 0 radical (unpaired) electrons. The van der Waals surface area contributed by atoms with Crippen molar-refractivity contribution >= 4 is 0 Å². The largest absolute Gasteiger partial charge is 0.373 e. The minimum absolute atomic E-state index is 0.370. The zero-order chi connectivity index (χ0) is 9.84. The van der Waals surface area contributed by atoms with Crippen LogP contribution in [0.3, 0.4) is 0 Å². The molecule has 0 aliphatic carbocycles. The van der Waals surface area contributed by atoms with Crippen LogP contribution < -0.4 is 5.32 Å². The summed E-state index contributed by atoms with van der Waals surface area (Å²) in [4.78, 5) is 0. The fraction of sp³-hybridized carbons (Fsp3) is 0.818. The first-order valence-corrected chi connectivity index (χ1v) is 5.11. The molecule has 0 saturated carbocycles. The summed E-state index contributed by atoms with van der Waals surface area (Å²) in [6, 6.07) is 0.384. The van der Waals surface area contributed by atoms with Crippen molar-refractivity contribution in [2.45, 2.75) is 51.9 Å². The molecule has 0 amide bonds. The molecule has 3 atom stereocenters. The number of likely N-dealkylation sites (N-methyl/N-ethyl adjacent to an activating group) is 1. The van der Waals surface area contributed by atoms with Crippen LogP contribution in [0.5, 0.6) is 0 Å².